The topological polar surface area (TPSA) is 109 Å². The van der Waals surface area contributed by atoms with E-state index in [9.17, 15) is 8.42 Å². The quantitative estimate of drug-likeness (QED) is 0.833. The maximum absolute atomic E-state index is 12.4. The molecular weight excluding hydrogens is 288 g/mol. The fraction of sp³-hybridized carbons (Fsp3) is 0.143. The lowest BCUT2D eigenvalue weighted by Gasteiger charge is -2.16. The van der Waals surface area contributed by atoms with Gasteiger partial charge in [0, 0.05) is 17.9 Å². The lowest BCUT2D eigenvalue weighted by molar-refractivity contribution is 0.566. The summed E-state index contributed by atoms with van der Waals surface area (Å²) in [5, 5.41) is 8.95. The summed E-state index contributed by atoms with van der Waals surface area (Å²) >= 11 is 0. The molecule has 0 bridgehead atoms. The molecule has 6 nitrogen and oxygen atoms in total. The number of hydrogen-bond donors (Lipinski definition) is 2. The second-order valence-electron chi connectivity index (χ2n) is 4.43. The molecule has 2 aromatic rings. The summed E-state index contributed by atoms with van der Waals surface area (Å²) in [6.45, 7) is 1.69. The van der Waals surface area contributed by atoms with Crippen LogP contribution >= 0.6 is 0 Å². The molecule has 1 heterocycles. The largest absolute Gasteiger partial charge is 0.398 e. The number of nitrogens with two attached hydrogens (primary N) is 1. The number of nitriles is 1. The fourth-order valence-corrected chi connectivity index (χ4v) is 3.29. The number of rotatable bonds is 4. The van der Waals surface area contributed by atoms with E-state index in [1.807, 2.05) is 0 Å². The van der Waals surface area contributed by atoms with Crippen molar-refractivity contribution in [3.8, 4) is 6.07 Å². The summed E-state index contributed by atoms with van der Waals surface area (Å²) in [6.07, 6.45) is 1.37. The highest BCUT2D eigenvalue weighted by Gasteiger charge is 2.22. The number of para-hydroxylation sites is 1. The predicted molar refractivity (Wildman–Crippen MR) is 78.5 cm³/mol. The highest BCUT2D eigenvalue weighted by atomic mass is 32.2. The van der Waals surface area contributed by atoms with Gasteiger partial charge >= 0.3 is 0 Å². The Morgan fingerprint density at radius 2 is 2.00 bits per heavy atom. The predicted octanol–water partition coefficient (Wildman–Crippen LogP) is 1.57. The van der Waals surface area contributed by atoms with Crippen LogP contribution in [0.3, 0.4) is 0 Å². The maximum atomic E-state index is 12.4. The number of pyridine rings is 1. The SMILES string of the molecule is CC(NS(=O)(=O)c1cccnc1C#N)c1ccccc1N. The molecule has 0 radical (unpaired) electrons. The van der Waals surface area contributed by atoms with Gasteiger partial charge in [-0.2, -0.15) is 5.26 Å². The Labute approximate surface area is 123 Å². The molecule has 0 fully saturated rings. The molecule has 0 amide bonds. The molecule has 0 aliphatic carbocycles. The number of nitrogens with zero attached hydrogens (tertiary/aromatic N) is 2. The molecule has 0 aliphatic rings. The van der Waals surface area contributed by atoms with E-state index < -0.39 is 16.1 Å². The van der Waals surface area contributed by atoms with Crippen LogP contribution < -0.4 is 10.5 Å². The van der Waals surface area contributed by atoms with Crippen molar-refractivity contribution in [2.75, 3.05) is 5.73 Å². The molecule has 0 spiro atoms. The van der Waals surface area contributed by atoms with Crippen LogP contribution in [-0.2, 0) is 10.0 Å². The lowest BCUT2D eigenvalue weighted by Crippen LogP contribution is -2.28. The molecule has 0 aliphatic heterocycles. The van der Waals surface area contributed by atoms with Gasteiger partial charge in [-0.3, -0.25) is 0 Å². The van der Waals surface area contributed by atoms with Gasteiger partial charge in [-0.05, 0) is 30.7 Å². The summed E-state index contributed by atoms with van der Waals surface area (Å²) in [7, 11) is -3.86. The summed E-state index contributed by atoms with van der Waals surface area (Å²) in [4.78, 5) is 3.61. The molecule has 0 saturated carbocycles. The Balaban J connectivity index is 2.34. The highest BCUT2D eigenvalue weighted by Crippen LogP contribution is 2.22. The minimum atomic E-state index is -3.86. The Kier molecular flexibility index (Phi) is 4.21. The zero-order valence-corrected chi connectivity index (χ0v) is 12.1. The van der Waals surface area contributed by atoms with Crippen LogP contribution in [0, 0.1) is 11.3 Å². The third-order valence-corrected chi connectivity index (χ3v) is 4.53. The third-order valence-electron chi connectivity index (χ3n) is 2.96. The minimum absolute atomic E-state index is 0.141. The van der Waals surface area contributed by atoms with Crippen LogP contribution in [0.1, 0.15) is 24.2 Å². The van der Waals surface area contributed by atoms with Crippen molar-refractivity contribution in [2.45, 2.75) is 17.9 Å². The standard InChI is InChI=1S/C14H14N4O2S/c1-10(11-5-2-3-6-12(11)16)18-21(19,20)14-7-4-8-17-13(14)9-15/h2-8,10,18H,16H2,1H3. The van der Waals surface area contributed by atoms with Crippen molar-refractivity contribution in [2.24, 2.45) is 0 Å². The first-order valence-electron chi connectivity index (χ1n) is 6.17. The molecular formula is C14H14N4O2S. The molecule has 2 rings (SSSR count). The van der Waals surface area contributed by atoms with E-state index in [4.69, 9.17) is 11.0 Å². The number of benzene rings is 1. The van der Waals surface area contributed by atoms with Crippen LogP contribution in [-0.4, -0.2) is 13.4 Å². The molecule has 3 N–H and O–H groups in total. The molecule has 1 aromatic carbocycles. The summed E-state index contributed by atoms with van der Waals surface area (Å²) in [6, 6.07) is 11.1. The van der Waals surface area contributed by atoms with Crippen molar-refractivity contribution in [1.29, 1.82) is 5.26 Å². The Hall–Kier alpha value is -2.43. The second-order valence-corrected chi connectivity index (χ2v) is 6.12. The molecule has 21 heavy (non-hydrogen) atoms. The molecule has 108 valence electrons. The van der Waals surface area contributed by atoms with Crippen molar-refractivity contribution in [1.82, 2.24) is 9.71 Å². The van der Waals surface area contributed by atoms with E-state index in [1.54, 1.807) is 37.3 Å². The zero-order chi connectivity index (χ0) is 15.5. The van der Waals surface area contributed by atoms with Gasteiger partial charge in [-0.1, -0.05) is 18.2 Å². The zero-order valence-electron chi connectivity index (χ0n) is 11.3. The van der Waals surface area contributed by atoms with Crippen LogP contribution in [0.15, 0.2) is 47.5 Å². The van der Waals surface area contributed by atoms with E-state index in [-0.39, 0.29) is 10.6 Å². The molecule has 1 unspecified atom stereocenters. The molecule has 1 atom stereocenters. The van der Waals surface area contributed by atoms with E-state index in [2.05, 4.69) is 9.71 Å². The molecule has 7 heteroatoms. The Bertz CT molecular complexity index is 797. The van der Waals surface area contributed by atoms with E-state index >= 15 is 0 Å². The normalized spacial score (nSPS) is 12.6. The summed E-state index contributed by atoms with van der Waals surface area (Å²) in [5.74, 6) is 0. The Morgan fingerprint density at radius 3 is 2.67 bits per heavy atom. The average molecular weight is 302 g/mol. The third kappa shape index (κ3) is 3.18. The monoisotopic (exact) mass is 302 g/mol. The van der Waals surface area contributed by atoms with Gasteiger partial charge in [-0.15, -0.1) is 0 Å². The van der Waals surface area contributed by atoms with Crippen LogP contribution in [0.4, 0.5) is 5.69 Å². The Morgan fingerprint density at radius 1 is 1.29 bits per heavy atom. The van der Waals surface area contributed by atoms with Gasteiger partial charge in [0.15, 0.2) is 5.69 Å². The fourth-order valence-electron chi connectivity index (χ4n) is 1.96. The number of aromatic nitrogens is 1. The molecule has 1 aromatic heterocycles. The van der Waals surface area contributed by atoms with E-state index in [1.165, 1.54) is 18.3 Å². The van der Waals surface area contributed by atoms with Gasteiger partial charge in [0.2, 0.25) is 10.0 Å². The minimum Gasteiger partial charge on any atom is -0.398 e. The van der Waals surface area contributed by atoms with Gasteiger partial charge in [0.25, 0.3) is 0 Å². The first-order chi connectivity index (χ1) is 9.95. The van der Waals surface area contributed by atoms with Crippen molar-refractivity contribution in [3.63, 3.8) is 0 Å². The lowest BCUT2D eigenvalue weighted by atomic mass is 10.1. The van der Waals surface area contributed by atoms with Crippen LogP contribution in [0.25, 0.3) is 0 Å². The van der Waals surface area contributed by atoms with Crippen molar-refractivity contribution < 1.29 is 8.42 Å². The average Bonchev–Trinajstić information content (AvgIpc) is 2.47. The van der Waals surface area contributed by atoms with Crippen molar-refractivity contribution >= 4 is 15.7 Å². The summed E-state index contributed by atoms with van der Waals surface area (Å²) in [5.41, 5.74) is 6.86. The number of nitrogens with one attached hydrogen (secondary N) is 1. The highest BCUT2D eigenvalue weighted by molar-refractivity contribution is 7.89. The first-order valence-corrected chi connectivity index (χ1v) is 7.66. The van der Waals surface area contributed by atoms with Crippen molar-refractivity contribution in [3.05, 3.63) is 53.9 Å². The van der Waals surface area contributed by atoms with Gasteiger partial charge in [0.1, 0.15) is 11.0 Å². The van der Waals surface area contributed by atoms with E-state index in [0.29, 0.717) is 11.3 Å². The maximum Gasteiger partial charge on any atom is 0.244 e. The van der Waals surface area contributed by atoms with Gasteiger partial charge in [0.05, 0.1) is 0 Å². The number of nitrogen functional groups attached to an aromatic ring is 1. The first kappa shape index (κ1) is 15.0. The number of sulfonamides is 1. The van der Waals surface area contributed by atoms with Crippen LogP contribution in [0.2, 0.25) is 0 Å². The number of anilines is 1. The van der Waals surface area contributed by atoms with Gasteiger partial charge in [-0.25, -0.2) is 18.1 Å². The van der Waals surface area contributed by atoms with E-state index in [0.717, 1.165) is 0 Å². The van der Waals surface area contributed by atoms with Crippen LogP contribution in [0.5, 0.6) is 0 Å². The number of hydrogen-bond acceptors (Lipinski definition) is 5. The molecule has 0 saturated heterocycles. The van der Waals surface area contributed by atoms with Gasteiger partial charge < -0.3 is 5.73 Å². The second kappa shape index (κ2) is 5.91. The smallest absolute Gasteiger partial charge is 0.244 e. The summed E-state index contributed by atoms with van der Waals surface area (Å²) < 4.78 is 27.2.